The van der Waals surface area contributed by atoms with E-state index in [1.807, 2.05) is 12.3 Å². The predicted octanol–water partition coefficient (Wildman–Crippen LogP) is 3.74. The molecule has 1 aliphatic carbocycles. The number of carbonyl (C=O) groups excluding carboxylic acids is 1. The minimum Gasteiger partial charge on any atom is -0.395 e. The molecule has 0 saturated heterocycles. The number of rotatable bonds is 9. The van der Waals surface area contributed by atoms with Crippen LogP contribution >= 0.6 is 0 Å². The van der Waals surface area contributed by atoms with E-state index in [2.05, 4.69) is 22.0 Å². The highest BCUT2D eigenvalue weighted by atomic mass is 19.1. The van der Waals surface area contributed by atoms with Gasteiger partial charge < -0.3 is 10.1 Å². The second kappa shape index (κ2) is 10.1. The Labute approximate surface area is 186 Å². The van der Waals surface area contributed by atoms with Crippen molar-refractivity contribution < 1.29 is 19.5 Å². The van der Waals surface area contributed by atoms with Crippen LogP contribution in [0, 0.1) is 5.82 Å². The van der Waals surface area contributed by atoms with Crippen LogP contribution in [0.3, 0.4) is 0 Å². The normalized spacial score (nSPS) is 15.7. The fourth-order valence-electron chi connectivity index (χ4n) is 4.69. The smallest absolute Gasteiger partial charge is 0.267 e. The number of amides is 1. The van der Waals surface area contributed by atoms with Crippen LogP contribution in [-0.2, 0) is 17.6 Å². The van der Waals surface area contributed by atoms with Crippen molar-refractivity contribution in [3.63, 3.8) is 0 Å². The summed E-state index contributed by atoms with van der Waals surface area (Å²) in [5.74, 6) is -0.788. The summed E-state index contributed by atoms with van der Waals surface area (Å²) in [7, 11) is 0. The highest BCUT2D eigenvalue weighted by Gasteiger charge is 2.27. The number of benzene rings is 2. The second-order valence-corrected chi connectivity index (χ2v) is 8.19. The summed E-state index contributed by atoms with van der Waals surface area (Å²) < 4.78 is 13.6. The van der Waals surface area contributed by atoms with Gasteiger partial charge >= 0.3 is 0 Å². The van der Waals surface area contributed by atoms with Crippen LogP contribution in [0.4, 0.5) is 4.39 Å². The molecule has 0 spiro atoms. The molecule has 2 aromatic carbocycles. The minimum absolute atomic E-state index is 0.0984. The van der Waals surface area contributed by atoms with Gasteiger partial charge in [0, 0.05) is 35.8 Å². The summed E-state index contributed by atoms with van der Waals surface area (Å²) in [6, 6.07) is 11.2. The van der Waals surface area contributed by atoms with Gasteiger partial charge in [-0.25, -0.2) is 9.87 Å². The van der Waals surface area contributed by atoms with Crippen molar-refractivity contribution in [3.05, 3.63) is 76.7 Å². The first kappa shape index (κ1) is 22.2. The van der Waals surface area contributed by atoms with Gasteiger partial charge in [0.05, 0.1) is 6.61 Å². The first-order valence-corrected chi connectivity index (χ1v) is 10.9. The van der Waals surface area contributed by atoms with Crippen molar-refractivity contribution in [1.82, 2.24) is 15.4 Å². The van der Waals surface area contributed by atoms with Crippen molar-refractivity contribution in [2.45, 2.75) is 31.7 Å². The van der Waals surface area contributed by atoms with Crippen LogP contribution in [0.5, 0.6) is 0 Å². The fourth-order valence-corrected chi connectivity index (χ4v) is 4.69. The Morgan fingerprint density at radius 1 is 1.25 bits per heavy atom. The van der Waals surface area contributed by atoms with Crippen molar-refractivity contribution in [1.29, 1.82) is 0 Å². The van der Waals surface area contributed by atoms with Crippen LogP contribution in [0.1, 0.15) is 41.1 Å². The standard InChI is InChI=1S/C25H28FN3O3/c26-20-6-8-23-22(15-20)19(16-27-23)2-1-11-29(12-13-30)24-9-5-18-14-17(3-7-21(18)24)4-10-25(31)28-32/h3-4,6-8,10,14-16,24,27,30,32H,1-2,5,9,11-13H2,(H,28,31)/b10-4+. The third-order valence-corrected chi connectivity index (χ3v) is 6.20. The van der Waals surface area contributed by atoms with Crippen LogP contribution in [0.2, 0.25) is 0 Å². The number of halogens is 1. The number of aromatic amines is 1. The topological polar surface area (TPSA) is 88.6 Å². The van der Waals surface area contributed by atoms with E-state index in [-0.39, 0.29) is 18.5 Å². The highest BCUT2D eigenvalue weighted by molar-refractivity contribution is 5.90. The van der Waals surface area contributed by atoms with E-state index >= 15 is 0 Å². The molecule has 6 nitrogen and oxygen atoms in total. The Hall–Kier alpha value is -3.00. The van der Waals surface area contributed by atoms with Gasteiger partial charge in [0.25, 0.3) is 5.91 Å². The monoisotopic (exact) mass is 437 g/mol. The molecule has 4 N–H and O–H groups in total. The first-order chi connectivity index (χ1) is 15.6. The maximum atomic E-state index is 13.6. The minimum atomic E-state index is -0.560. The lowest BCUT2D eigenvalue weighted by Gasteiger charge is -2.29. The van der Waals surface area contributed by atoms with E-state index in [0.29, 0.717) is 6.54 Å². The van der Waals surface area contributed by atoms with Crippen molar-refractivity contribution in [2.24, 2.45) is 0 Å². The molecule has 1 amide bonds. The third-order valence-electron chi connectivity index (χ3n) is 6.20. The Morgan fingerprint density at radius 3 is 2.94 bits per heavy atom. The van der Waals surface area contributed by atoms with Crippen molar-refractivity contribution in [3.8, 4) is 0 Å². The zero-order chi connectivity index (χ0) is 22.5. The molecule has 0 bridgehead atoms. The molecule has 3 aromatic rings. The first-order valence-electron chi connectivity index (χ1n) is 10.9. The number of hydroxylamine groups is 1. The molecule has 32 heavy (non-hydrogen) atoms. The SMILES string of the molecule is O=C(/C=C/c1ccc2c(c1)CCC2N(CCO)CCCc1c[nH]c2ccc(F)cc12)NO. The summed E-state index contributed by atoms with van der Waals surface area (Å²) in [6.07, 6.45) is 8.60. The number of aliphatic hydroxyl groups is 1. The number of nitrogens with zero attached hydrogens (tertiary/aromatic N) is 1. The molecule has 0 saturated carbocycles. The highest BCUT2D eigenvalue weighted by Crippen LogP contribution is 2.36. The number of H-pyrrole nitrogens is 1. The van der Waals surface area contributed by atoms with Crippen molar-refractivity contribution in [2.75, 3.05) is 19.7 Å². The largest absolute Gasteiger partial charge is 0.395 e. The zero-order valence-corrected chi connectivity index (χ0v) is 17.9. The van der Waals surface area contributed by atoms with Gasteiger partial charge in [0.15, 0.2) is 0 Å². The second-order valence-electron chi connectivity index (χ2n) is 8.19. The number of hydrogen-bond donors (Lipinski definition) is 4. The van der Waals surface area contributed by atoms with E-state index in [1.54, 1.807) is 23.7 Å². The molecular formula is C25H28FN3O3. The van der Waals surface area contributed by atoms with Gasteiger partial charge in [-0.05, 0) is 78.8 Å². The van der Waals surface area contributed by atoms with E-state index in [4.69, 9.17) is 5.21 Å². The Morgan fingerprint density at radius 2 is 2.12 bits per heavy atom. The number of aromatic nitrogens is 1. The Kier molecular flexibility index (Phi) is 6.99. The predicted molar refractivity (Wildman–Crippen MR) is 122 cm³/mol. The van der Waals surface area contributed by atoms with Gasteiger partial charge in [-0.15, -0.1) is 0 Å². The molecule has 168 valence electrons. The lowest BCUT2D eigenvalue weighted by atomic mass is 10.0. The summed E-state index contributed by atoms with van der Waals surface area (Å²) in [5.41, 5.74) is 7.06. The maximum absolute atomic E-state index is 13.6. The van der Waals surface area contributed by atoms with Gasteiger partial charge in [-0.2, -0.15) is 0 Å². The molecule has 7 heteroatoms. The van der Waals surface area contributed by atoms with Crippen LogP contribution in [0.15, 0.2) is 48.7 Å². The van der Waals surface area contributed by atoms with Gasteiger partial charge in [-0.3, -0.25) is 14.9 Å². The average molecular weight is 438 g/mol. The molecule has 0 fully saturated rings. The number of carbonyl (C=O) groups is 1. The molecule has 1 unspecified atom stereocenters. The molecular weight excluding hydrogens is 409 g/mol. The molecule has 1 atom stereocenters. The Bertz CT molecular complexity index is 1120. The molecule has 0 aliphatic heterocycles. The van der Waals surface area contributed by atoms with Crippen LogP contribution in [-0.4, -0.2) is 45.8 Å². The van der Waals surface area contributed by atoms with E-state index < -0.39 is 5.91 Å². The fraction of sp³-hybridized carbons (Fsp3) is 0.320. The maximum Gasteiger partial charge on any atom is 0.267 e. The van der Waals surface area contributed by atoms with E-state index in [0.717, 1.165) is 54.3 Å². The lowest BCUT2D eigenvalue weighted by Crippen LogP contribution is -2.31. The zero-order valence-electron chi connectivity index (χ0n) is 17.9. The number of hydrogen-bond acceptors (Lipinski definition) is 4. The lowest BCUT2D eigenvalue weighted by molar-refractivity contribution is -0.124. The van der Waals surface area contributed by atoms with E-state index in [9.17, 15) is 14.3 Å². The van der Waals surface area contributed by atoms with Gasteiger partial charge in [0.2, 0.25) is 0 Å². The third kappa shape index (κ3) is 4.91. The van der Waals surface area contributed by atoms with Crippen molar-refractivity contribution >= 4 is 22.9 Å². The molecule has 4 rings (SSSR count). The summed E-state index contributed by atoms with van der Waals surface area (Å²) in [6.45, 7) is 1.54. The van der Waals surface area contributed by atoms with Crippen LogP contribution < -0.4 is 5.48 Å². The summed E-state index contributed by atoms with van der Waals surface area (Å²) in [4.78, 5) is 16.7. The summed E-state index contributed by atoms with van der Waals surface area (Å²) >= 11 is 0. The Balaban J connectivity index is 1.43. The van der Waals surface area contributed by atoms with E-state index in [1.165, 1.54) is 23.3 Å². The molecule has 0 radical (unpaired) electrons. The average Bonchev–Trinajstić information content (AvgIpc) is 3.40. The number of aryl methyl sites for hydroxylation is 2. The summed E-state index contributed by atoms with van der Waals surface area (Å²) in [5, 5.41) is 19.2. The molecule has 1 aromatic heterocycles. The van der Waals surface area contributed by atoms with Gasteiger partial charge in [0.1, 0.15) is 5.82 Å². The number of aliphatic hydroxyl groups excluding tert-OH is 1. The van der Waals surface area contributed by atoms with Gasteiger partial charge in [-0.1, -0.05) is 18.2 Å². The molecule has 1 aliphatic rings. The number of nitrogens with one attached hydrogen (secondary N) is 2. The molecule has 1 heterocycles. The van der Waals surface area contributed by atoms with Crippen LogP contribution in [0.25, 0.3) is 17.0 Å². The number of fused-ring (bicyclic) bond motifs is 2. The quantitative estimate of drug-likeness (QED) is 0.233.